The third-order valence-electron chi connectivity index (χ3n) is 1.26. The molecule has 0 atom stereocenters. The Morgan fingerprint density at radius 3 is 2.20 bits per heavy atom. The molecule has 1 aromatic carbocycles. The van der Waals surface area contributed by atoms with Gasteiger partial charge in [0.2, 0.25) is 5.96 Å². The van der Waals surface area contributed by atoms with E-state index in [4.69, 9.17) is 11.5 Å². The monoisotopic (exact) mass is 208 g/mol. The number of urea groups is 1. The molecule has 5 N–H and O–H groups in total. The summed E-state index contributed by atoms with van der Waals surface area (Å²) in [5.74, 6) is -0.0151. The van der Waals surface area contributed by atoms with Crippen molar-refractivity contribution in [3.05, 3.63) is 30.3 Å². The lowest BCUT2D eigenvalue weighted by Gasteiger charge is -1.99. The molecule has 0 aliphatic heterocycles. The lowest BCUT2D eigenvalue weighted by atomic mass is 10.3. The van der Waals surface area contributed by atoms with Gasteiger partial charge in [0.1, 0.15) is 0 Å². The lowest BCUT2D eigenvalue weighted by molar-refractivity contribution is 0.253. The molecule has 0 bridgehead atoms. The van der Waals surface area contributed by atoms with E-state index >= 15 is 0 Å². The predicted molar refractivity (Wildman–Crippen MR) is 61.8 cm³/mol. The van der Waals surface area contributed by atoms with Gasteiger partial charge in [-0.2, -0.15) is 0 Å². The topological polar surface area (TPSA) is 93.5 Å². The first-order valence-electron chi connectivity index (χ1n) is 4.64. The van der Waals surface area contributed by atoms with Crippen LogP contribution in [0.25, 0.3) is 0 Å². The summed E-state index contributed by atoms with van der Waals surface area (Å²) in [6.07, 6.45) is 0. The van der Waals surface area contributed by atoms with E-state index in [9.17, 15) is 4.79 Å². The number of para-hydroxylation sites is 1. The van der Waals surface area contributed by atoms with Crippen molar-refractivity contribution in [2.45, 2.75) is 13.8 Å². The number of carbonyl (C=O) groups excluding carboxylic acids is 1. The minimum Gasteiger partial charge on any atom is -0.369 e. The Hall–Kier alpha value is -2.04. The van der Waals surface area contributed by atoms with Gasteiger partial charge in [-0.05, 0) is 12.1 Å². The first kappa shape index (κ1) is 13.0. The molecule has 5 heteroatoms. The molecule has 0 radical (unpaired) electrons. The van der Waals surface area contributed by atoms with E-state index in [0.29, 0.717) is 5.69 Å². The maximum absolute atomic E-state index is 10.4. The number of benzene rings is 1. The number of aliphatic imine (C=N–C) groups is 1. The summed E-state index contributed by atoms with van der Waals surface area (Å²) in [4.78, 5) is 14.2. The Bertz CT molecular complexity index is 321. The molecule has 15 heavy (non-hydrogen) atoms. The van der Waals surface area contributed by atoms with Gasteiger partial charge in [-0.15, -0.1) is 0 Å². The molecule has 5 nitrogen and oxygen atoms in total. The Balaban J connectivity index is 0.000000921. The van der Waals surface area contributed by atoms with E-state index in [1.807, 2.05) is 32.0 Å². The highest BCUT2D eigenvalue weighted by molar-refractivity contribution is 5.95. The molecule has 2 amide bonds. The number of nitrogens with two attached hydrogens (primary N) is 2. The van der Waals surface area contributed by atoms with E-state index in [1.54, 1.807) is 12.1 Å². The molecule has 0 saturated carbocycles. The van der Waals surface area contributed by atoms with Gasteiger partial charge in [0.15, 0.2) is 0 Å². The minimum absolute atomic E-state index is 0.0151. The molecule has 0 aliphatic rings. The summed E-state index contributed by atoms with van der Waals surface area (Å²) in [6.45, 7) is 4.00. The highest BCUT2D eigenvalue weighted by atomic mass is 16.2. The van der Waals surface area contributed by atoms with Crippen molar-refractivity contribution in [3.63, 3.8) is 0 Å². The Kier molecular flexibility index (Phi) is 6.37. The van der Waals surface area contributed by atoms with Crippen molar-refractivity contribution in [1.29, 1.82) is 0 Å². The first-order valence-corrected chi connectivity index (χ1v) is 4.64. The second kappa shape index (κ2) is 7.37. The largest absolute Gasteiger partial charge is 0.369 e. The zero-order valence-electron chi connectivity index (χ0n) is 8.90. The van der Waals surface area contributed by atoms with Crippen LogP contribution < -0.4 is 16.8 Å². The molecule has 0 heterocycles. The third-order valence-corrected chi connectivity index (χ3v) is 1.26. The van der Waals surface area contributed by atoms with Crippen LogP contribution in [0.5, 0.6) is 0 Å². The SMILES string of the molecule is CC.NC(=O)NC(N)=Nc1ccccc1. The molecule has 0 spiro atoms. The second-order valence-corrected chi connectivity index (χ2v) is 2.32. The van der Waals surface area contributed by atoms with Crippen molar-refractivity contribution in [1.82, 2.24) is 5.32 Å². The van der Waals surface area contributed by atoms with E-state index in [0.717, 1.165) is 0 Å². The van der Waals surface area contributed by atoms with Gasteiger partial charge >= 0.3 is 6.03 Å². The summed E-state index contributed by atoms with van der Waals surface area (Å²) in [7, 11) is 0. The molecular formula is C10H16N4O. The maximum atomic E-state index is 10.4. The average molecular weight is 208 g/mol. The fourth-order valence-electron chi connectivity index (χ4n) is 0.796. The quantitative estimate of drug-likeness (QED) is 0.479. The van der Waals surface area contributed by atoms with Gasteiger partial charge in [0.05, 0.1) is 5.69 Å². The van der Waals surface area contributed by atoms with Crippen LogP contribution in [0.2, 0.25) is 0 Å². The van der Waals surface area contributed by atoms with Crippen molar-refractivity contribution in [2.75, 3.05) is 0 Å². The molecule has 82 valence electrons. The summed E-state index contributed by atoms with van der Waals surface area (Å²) in [6, 6.07) is 8.28. The number of hydrogen-bond acceptors (Lipinski definition) is 2. The predicted octanol–water partition coefficient (Wildman–Crippen LogP) is 1.33. The number of rotatable bonds is 1. The van der Waals surface area contributed by atoms with Gasteiger partial charge in [0, 0.05) is 0 Å². The zero-order chi connectivity index (χ0) is 11.7. The number of carbonyl (C=O) groups is 1. The normalized spacial score (nSPS) is 9.87. The standard InChI is InChI=1S/C8H10N4O.C2H6/c9-7(12-8(10)13)11-6-4-2-1-3-5-6;1-2/h1-5H,(H5,9,10,11,12,13);1-2H3. The third kappa shape index (κ3) is 6.09. The van der Waals surface area contributed by atoms with Crippen LogP contribution in [0.1, 0.15) is 13.8 Å². The summed E-state index contributed by atoms with van der Waals surface area (Å²) in [5.41, 5.74) is 10.8. The lowest BCUT2D eigenvalue weighted by Crippen LogP contribution is -2.39. The second-order valence-electron chi connectivity index (χ2n) is 2.32. The van der Waals surface area contributed by atoms with Gasteiger partial charge in [-0.1, -0.05) is 32.0 Å². The summed E-state index contributed by atoms with van der Waals surface area (Å²) < 4.78 is 0. The van der Waals surface area contributed by atoms with Crippen LogP contribution >= 0.6 is 0 Å². The fourth-order valence-corrected chi connectivity index (χ4v) is 0.796. The Labute approximate surface area is 89.2 Å². The summed E-state index contributed by atoms with van der Waals surface area (Å²) >= 11 is 0. The van der Waals surface area contributed by atoms with E-state index in [1.165, 1.54) is 0 Å². The molecule has 0 saturated heterocycles. The number of amides is 2. The van der Waals surface area contributed by atoms with Crippen LogP contribution in [0.4, 0.5) is 10.5 Å². The van der Waals surface area contributed by atoms with Gasteiger partial charge < -0.3 is 11.5 Å². The minimum atomic E-state index is -0.725. The van der Waals surface area contributed by atoms with Crippen LogP contribution in [0.3, 0.4) is 0 Å². The zero-order valence-corrected chi connectivity index (χ0v) is 8.90. The van der Waals surface area contributed by atoms with E-state index in [2.05, 4.69) is 10.3 Å². The Morgan fingerprint density at radius 2 is 1.73 bits per heavy atom. The first-order chi connectivity index (χ1) is 7.18. The maximum Gasteiger partial charge on any atom is 0.318 e. The van der Waals surface area contributed by atoms with Crippen LogP contribution in [0, 0.1) is 0 Å². The van der Waals surface area contributed by atoms with Crippen LogP contribution in [0.15, 0.2) is 35.3 Å². The Morgan fingerprint density at radius 1 is 1.20 bits per heavy atom. The molecule has 1 aromatic rings. The van der Waals surface area contributed by atoms with E-state index in [-0.39, 0.29) is 5.96 Å². The smallest absolute Gasteiger partial charge is 0.318 e. The van der Waals surface area contributed by atoms with Gasteiger partial charge in [-0.3, -0.25) is 5.32 Å². The molecular weight excluding hydrogens is 192 g/mol. The molecule has 0 unspecified atom stereocenters. The highest BCUT2D eigenvalue weighted by Gasteiger charge is 1.95. The molecule has 1 rings (SSSR count). The van der Waals surface area contributed by atoms with Gasteiger partial charge in [-0.25, -0.2) is 9.79 Å². The number of nitrogens with one attached hydrogen (secondary N) is 1. The molecule has 0 fully saturated rings. The fraction of sp³-hybridized carbons (Fsp3) is 0.200. The van der Waals surface area contributed by atoms with Crippen LogP contribution in [-0.2, 0) is 0 Å². The average Bonchev–Trinajstić information content (AvgIpc) is 2.21. The molecule has 0 aliphatic carbocycles. The number of primary amides is 1. The van der Waals surface area contributed by atoms with Crippen molar-refractivity contribution < 1.29 is 4.79 Å². The van der Waals surface area contributed by atoms with Crippen LogP contribution in [-0.4, -0.2) is 12.0 Å². The van der Waals surface area contributed by atoms with Crippen molar-refractivity contribution in [3.8, 4) is 0 Å². The number of hydrogen-bond donors (Lipinski definition) is 3. The summed E-state index contributed by atoms with van der Waals surface area (Å²) in [5, 5.41) is 2.16. The van der Waals surface area contributed by atoms with Crippen molar-refractivity contribution in [2.24, 2.45) is 16.5 Å². The van der Waals surface area contributed by atoms with Gasteiger partial charge in [0.25, 0.3) is 0 Å². The molecule has 0 aromatic heterocycles. The van der Waals surface area contributed by atoms with E-state index < -0.39 is 6.03 Å². The highest BCUT2D eigenvalue weighted by Crippen LogP contribution is 2.08. The van der Waals surface area contributed by atoms with Crippen molar-refractivity contribution >= 4 is 17.7 Å². The number of guanidine groups is 1. The number of nitrogens with zero attached hydrogens (tertiary/aromatic N) is 1.